The van der Waals surface area contributed by atoms with Crippen molar-refractivity contribution in [1.82, 2.24) is 5.32 Å². The molecule has 0 aliphatic rings. The van der Waals surface area contributed by atoms with Crippen molar-refractivity contribution in [1.29, 1.82) is 0 Å². The summed E-state index contributed by atoms with van der Waals surface area (Å²) in [5.74, 6) is -1.19. The van der Waals surface area contributed by atoms with Crippen LogP contribution in [0.1, 0.15) is 26.3 Å². The Morgan fingerprint density at radius 2 is 2.11 bits per heavy atom. The second kappa shape index (κ2) is 5.12. The van der Waals surface area contributed by atoms with Gasteiger partial charge in [-0.15, -0.1) is 0 Å². The van der Waals surface area contributed by atoms with Crippen LogP contribution in [0.2, 0.25) is 0 Å². The van der Waals surface area contributed by atoms with E-state index in [0.29, 0.717) is 12.1 Å². The molecule has 18 heavy (non-hydrogen) atoms. The first kappa shape index (κ1) is 14.1. The van der Waals surface area contributed by atoms with Crippen LogP contribution in [0.25, 0.3) is 0 Å². The Labute approximate surface area is 104 Å². The second-order valence-corrected chi connectivity index (χ2v) is 4.41. The van der Waals surface area contributed by atoms with Crippen molar-refractivity contribution in [2.24, 2.45) is 0 Å². The van der Waals surface area contributed by atoms with Crippen molar-refractivity contribution in [3.63, 3.8) is 0 Å². The van der Waals surface area contributed by atoms with Crippen LogP contribution in [-0.4, -0.2) is 17.4 Å². The summed E-state index contributed by atoms with van der Waals surface area (Å²) >= 11 is 0. The zero-order chi connectivity index (χ0) is 13.9. The van der Waals surface area contributed by atoms with Crippen LogP contribution < -0.4 is 5.32 Å². The molecule has 0 saturated carbocycles. The third-order valence-electron chi connectivity index (χ3n) is 2.77. The van der Waals surface area contributed by atoms with Gasteiger partial charge in [-0.25, -0.2) is 0 Å². The lowest BCUT2D eigenvalue weighted by Gasteiger charge is -2.23. The number of carbonyl (C=O) groups is 1. The number of nitro groups is 1. The van der Waals surface area contributed by atoms with Crippen molar-refractivity contribution in [3.8, 4) is 0 Å². The van der Waals surface area contributed by atoms with E-state index < -0.39 is 21.8 Å². The van der Waals surface area contributed by atoms with Crippen molar-refractivity contribution in [2.75, 3.05) is 6.54 Å². The predicted molar refractivity (Wildman–Crippen MR) is 64.8 cm³/mol. The number of carbonyl (C=O) groups excluding carboxylic acids is 1. The molecule has 1 N–H and O–H groups in total. The SMILES string of the molecule is CCNC(=O)C(C)(C)c1ccc([N+](=O)[O-])c(F)c1. The highest BCUT2D eigenvalue weighted by atomic mass is 19.1. The molecular formula is C12H15FN2O3. The summed E-state index contributed by atoms with van der Waals surface area (Å²) in [6.45, 7) is 5.53. The molecule has 0 aliphatic heterocycles. The number of halogens is 1. The van der Waals surface area contributed by atoms with Gasteiger partial charge in [-0.3, -0.25) is 14.9 Å². The molecule has 0 unspecified atom stereocenters. The van der Waals surface area contributed by atoms with Gasteiger partial charge >= 0.3 is 5.69 Å². The van der Waals surface area contributed by atoms with Crippen molar-refractivity contribution >= 4 is 11.6 Å². The first-order valence-electron chi connectivity index (χ1n) is 5.53. The van der Waals surface area contributed by atoms with Crippen molar-refractivity contribution in [2.45, 2.75) is 26.2 Å². The number of nitro benzene ring substituents is 1. The number of hydrogen-bond donors (Lipinski definition) is 1. The van der Waals surface area contributed by atoms with E-state index in [1.54, 1.807) is 20.8 Å². The van der Waals surface area contributed by atoms with Crippen LogP contribution in [0.15, 0.2) is 18.2 Å². The lowest BCUT2D eigenvalue weighted by Crippen LogP contribution is -2.40. The fourth-order valence-electron chi connectivity index (χ4n) is 1.56. The Bertz CT molecular complexity index is 486. The molecule has 1 rings (SSSR count). The summed E-state index contributed by atoms with van der Waals surface area (Å²) in [5.41, 5.74) is -1.13. The normalized spacial score (nSPS) is 11.1. The molecule has 98 valence electrons. The van der Waals surface area contributed by atoms with E-state index in [-0.39, 0.29) is 5.91 Å². The van der Waals surface area contributed by atoms with Gasteiger partial charge in [0, 0.05) is 12.6 Å². The Balaban J connectivity index is 3.14. The standard InChI is InChI=1S/C12H15FN2O3/c1-4-14-11(16)12(2,3)8-5-6-10(15(17)18)9(13)7-8/h5-7H,4H2,1-3H3,(H,14,16). The van der Waals surface area contributed by atoms with E-state index in [9.17, 15) is 19.3 Å². The van der Waals surface area contributed by atoms with E-state index in [1.807, 2.05) is 0 Å². The Morgan fingerprint density at radius 3 is 2.56 bits per heavy atom. The third kappa shape index (κ3) is 2.64. The second-order valence-electron chi connectivity index (χ2n) is 4.41. The van der Waals surface area contributed by atoms with E-state index in [1.165, 1.54) is 6.07 Å². The number of rotatable bonds is 4. The molecule has 0 radical (unpaired) electrons. The minimum absolute atomic E-state index is 0.252. The van der Waals surface area contributed by atoms with Gasteiger partial charge in [-0.2, -0.15) is 4.39 Å². The average Bonchev–Trinajstić information content (AvgIpc) is 2.28. The highest BCUT2D eigenvalue weighted by molar-refractivity contribution is 5.87. The molecule has 0 spiro atoms. The minimum Gasteiger partial charge on any atom is -0.356 e. The monoisotopic (exact) mass is 254 g/mol. The number of likely N-dealkylation sites (N-methyl/N-ethyl adjacent to an activating group) is 1. The average molecular weight is 254 g/mol. The maximum Gasteiger partial charge on any atom is 0.304 e. The van der Waals surface area contributed by atoms with Crippen molar-refractivity contribution in [3.05, 3.63) is 39.7 Å². The highest BCUT2D eigenvalue weighted by Gasteiger charge is 2.31. The van der Waals surface area contributed by atoms with E-state index in [4.69, 9.17) is 0 Å². The third-order valence-corrected chi connectivity index (χ3v) is 2.77. The molecule has 1 aromatic rings. The van der Waals surface area contributed by atoms with Gasteiger partial charge in [0.1, 0.15) is 0 Å². The zero-order valence-electron chi connectivity index (χ0n) is 10.5. The first-order chi connectivity index (χ1) is 8.30. The molecule has 0 saturated heterocycles. The molecule has 6 heteroatoms. The predicted octanol–water partition coefficient (Wildman–Crippen LogP) is 2.15. The maximum atomic E-state index is 13.5. The largest absolute Gasteiger partial charge is 0.356 e. The van der Waals surface area contributed by atoms with Gasteiger partial charge in [0.05, 0.1) is 10.3 Å². The van der Waals surface area contributed by atoms with Crippen LogP contribution in [0.3, 0.4) is 0 Å². The molecule has 1 amide bonds. The number of amides is 1. The Kier molecular flexibility index (Phi) is 4.00. The smallest absolute Gasteiger partial charge is 0.304 e. The number of nitrogens with zero attached hydrogens (tertiary/aromatic N) is 1. The minimum atomic E-state index is -0.939. The zero-order valence-corrected chi connectivity index (χ0v) is 10.5. The Morgan fingerprint density at radius 1 is 1.50 bits per heavy atom. The number of nitrogens with one attached hydrogen (secondary N) is 1. The highest BCUT2D eigenvalue weighted by Crippen LogP contribution is 2.27. The van der Waals surface area contributed by atoms with Gasteiger partial charge in [0.15, 0.2) is 0 Å². The van der Waals surface area contributed by atoms with Gasteiger partial charge < -0.3 is 5.32 Å². The molecule has 0 fully saturated rings. The van der Waals surface area contributed by atoms with Crippen LogP contribution in [0.5, 0.6) is 0 Å². The topological polar surface area (TPSA) is 72.2 Å². The molecule has 5 nitrogen and oxygen atoms in total. The van der Waals surface area contributed by atoms with Crippen LogP contribution in [0.4, 0.5) is 10.1 Å². The molecular weight excluding hydrogens is 239 g/mol. The summed E-state index contributed by atoms with van der Waals surface area (Å²) in [4.78, 5) is 21.5. The lowest BCUT2D eigenvalue weighted by atomic mass is 9.83. The molecule has 0 atom stereocenters. The van der Waals surface area contributed by atoms with Gasteiger partial charge in [-0.1, -0.05) is 6.07 Å². The molecule has 0 aromatic heterocycles. The number of benzene rings is 1. The summed E-state index contributed by atoms with van der Waals surface area (Å²) in [6.07, 6.45) is 0. The maximum absolute atomic E-state index is 13.5. The van der Waals surface area contributed by atoms with E-state index >= 15 is 0 Å². The molecule has 0 heterocycles. The van der Waals surface area contributed by atoms with E-state index in [2.05, 4.69) is 5.32 Å². The molecule has 1 aromatic carbocycles. The molecule has 0 aliphatic carbocycles. The van der Waals surface area contributed by atoms with Crippen LogP contribution in [-0.2, 0) is 10.2 Å². The fourth-order valence-corrected chi connectivity index (χ4v) is 1.56. The summed E-state index contributed by atoms with van der Waals surface area (Å²) < 4.78 is 13.5. The van der Waals surface area contributed by atoms with Crippen LogP contribution >= 0.6 is 0 Å². The number of hydrogen-bond acceptors (Lipinski definition) is 3. The fraction of sp³-hybridized carbons (Fsp3) is 0.417. The summed E-state index contributed by atoms with van der Waals surface area (Å²) in [7, 11) is 0. The molecule has 0 bridgehead atoms. The van der Waals surface area contributed by atoms with E-state index in [0.717, 1.165) is 12.1 Å². The summed E-state index contributed by atoms with van der Waals surface area (Å²) in [6, 6.07) is 3.51. The summed E-state index contributed by atoms with van der Waals surface area (Å²) in [5, 5.41) is 13.2. The quantitative estimate of drug-likeness (QED) is 0.661. The Hall–Kier alpha value is -1.98. The van der Waals surface area contributed by atoms with Gasteiger partial charge in [-0.05, 0) is 32.4 Å². The first-order valence-corrected chi connectivity index (χ1v) is 5.53. The van der Waals surface area contributed by atoms with Gasteiger partial charge in [0.2, 0.25) is 11.7 Å². The lowest BCUT2D eigenvalue weighted by molar-refractivity contribution is -0.387. The van der Waals surface area contributed by atoms with Gasteiger partial charge in [0.25, 0.3) is 0 Å². The van der Waals surface area contributed by atoms with Crippen LogP contribution in [0, 0.1) is 15.9 Å². The van der Waals surface area contributed by atoms with Crippen molar-refractivity contribution < 1.29 is 14.1 Å².